The minimum atomic E-state index is 0.865. The smallest absolute Gasteiger partial charge is 0.137 e. The number of nitrogens with zero attached hydrogens (tertiary/aromatic N) is 2. The Labute approximate surface area is 353 Å². The molecule has 0 saturated carbocycles. The summed E-state index contributed by atoms with van der Waals surface area (Å²) >= 11 is 0. The number of hydrogen-bond acceptors (Lipinski definition) is 2. The van der Waals surface area contributed by atoms with Crippen LogP contribution in [-0.2, 0) is 0 Å². The van der Waals surface area contributed by atoms with Crippen molar-refractivity contribution >= 4 is 66.2 Å². The molecule has 0 aliphatic carbocycles. The second-order valence-corrected chi connectivity index (χ2v) is 15.7. The number of furan rings is 1. The van der Waals surface area contributed by atoms with E-state index >= 15 is 0 Å². The largest absolute Gasteiger partial charge is 0.456 e. The average Bonchev–Trinajstić information content (AvgIpc) is 3.88. The Balaban J connectivity index is 0.971. The molecule has 0 unspecified atom stereocenters. The lowest BCUT2D eigenvalue weighted by Gasteiger charge is -2.26. The minimum Gasteiger partial charge on any atom is -0.456 e. The fourth-order valence-corrected chi connectivity index (χ4v) is 9.34. The summed E-state index contributed by atoms with van der Waals surface area (Å²) in [6, 6.07) is 80.6. The summed E-state index contributed by atoms with van der Waals surface area (Å²) in [7, 11) is 0. The number of hydrogen-bond donors (Lipinski definition) is 0. The molecule has 3 nitrogen and oxygen atoms in total. The second kappa shape index (κ2) is 14.3. The summed E-state index contributed by atoms with van der Waals surface area (Å²) in [5.74, 6) is 0. The molecule has 3 heterocycles. The third-order valence-electron chi connectivity index (χ3n) is 12.2. The third kappa shape index (κ3) is 5.90. The fraction of sp³-hybridized carbons (Fsp3) is 0. The Kier molecular flexibility index (Phi) is 8.17. The summed E-state index contributed by atoms with van der Waals surface area (Å²) in [5, 5.41) is 5.97. The molecule has 12 rings (SSSR count). The van der Waals surface area contributed by atoms with Crippen molar-refractivity contribution in [2.45, 2.75) is 0 Å². The molecular formula is C58H38N2O. The molecule has 61 heavy (non-hydrogen) atoms. The Hall–Kier alpha value is -8.14. The lowest BCUT2D eigenvalue weighted by Crippen LogP contribution is -2.10. The van der Waals surface area contributed by atoms with Gasteiger partial charge in [-0.3, -0.25) is 0 Å². The van der Waals surface area contributed by atoms with Crippen LogP contribution in [0.2, 0.25) is 0 Å². The van der Waals surface area contributed by atoms with Crippen LogP contribution in [0.15, 0.2) is 235 Å². The van der Waals surface area contributed by atoms with E-state index in [4.69, 9.17) is 4.42 Å². The molecule has 0 aliphatic heterocycles. The first kappa shape index (κ1) is 34.9. The number of benzene rings is 9. The normalized spacial score (nSPS) is 11.6. The predicted octanol–water partition coefficient (Wildman–Crippen LogP) is 16.3. The van der Waals surface area contributed by atoms with E-state index in [0.29, 0.717) is 0 Å². The van der Waals surface area contributed by atoms with Crippen molar-refractivity contribution in [3.8, 4) is 44.5 Å². The van der Waals surface area contributed by atoms with E-state index in [1.54, 1.807) is 0 Å². The molecule has 0 atom stereocenters. The van der Waals surface area contributed by atoms with Gasteiger partial charge in [-0.05, 0) is 87.3 Å². The molecule has 9 aromatic carbocycles. The van der Waals surface area contributed by atoms with Gasteiger partial charge in [0.1, 0.15) is 11.2 Å². The van der Waals surface area contributed by atoms with Gasteiger partial charge in [-0.1, -0.05) is 170 Å². The van der Waals surface area contributed by atoms with Gasteiger partial charge in [-0.25, -0.2) is 0 Å². The first-order chi connectivity index (χ1) is 30.2. The van der Waals surface area contributed by atoms with Gasteiger partial charge in [0, 0.05) is 62.0 Å². The molecule has 0 aliphatic rings. The number of fused-ring (bicyclic) bond motifs is 8. The van der Waals surface area contributed by atoms with Crippen molar-refractivity contribution in [2.24, 2.45) is 0 Å². The van der Waals surface area contributed by atoms with Gasteiger partial charge in [-0.15, -0.1) is 0 Å². The highest BCUT2D eigenvalue weighted by Gasteiger charge is 2.20. The van der Waals surface area contributed by atoms with Crippen LogP contribution in [-0.4, -0.2) is 4.40 Å². The van der Waals surface area contributed by atoms with Crippen LogP contribution in [0.5, 0.6) is 0 Å². The van der Waals surface area contributed by atoms with Gasteiger partial charge in [0.15, 0.2) is 0 Å². The summed E-state index contributed by atoms with van der Waals surface area (Å²) < 4.78 is 8.81. The molecule has 0 bridgehead atoms. The average molecular weight is 779 g/mol. The SMILES string of the molecule is c1ccc(-c2cccc(N(c3cccc(-c4ccc(-c5cccc6c(-c7ccccc7)c7c8ccccc8ccn7c56)cc4)c3)c3ccc4c(c3)oc3ccccc34)c2)cc1. The zero-order valence-electron chi connectivity index (χ0n) is 33.2. The molecule has 0 fully saturated rings. The van der Waals surface area contributed by atoms with Crippen molar-refractivity contribution in [1.82, 2.24) is 4.40 Å². The van der Waals surface area contributed by atoms with E-state index in [-0.39, 0.29) is 0 Å². The van der Waals surface area contributed by atoms with Gasteiger partial charge in [0.25, 0.3) is 0 Å². The predicted molar refractivity (Wildman–Crippen MR) is 256 cm³/mol. The third-order valence-corrected chi connectivity index (χ3v) is 12.2. The first-order valence-electron chi connectivity index (χ1n) is 20.8. The van der Waals surface area contributed by atoms with Crippen LogP contribution in [0.1, 0.15) is 0 Å². The van der Waals surface area contributed by atoms with Crippen LogP contribution in [0.4, 0.5) is 17.1 Å². The lowest BCUT2D eigenvalue weighted by atomic mass is 9.96. The highest BCUT2D eigenvalue weighted by Crippen LogP contribution is 2.44. The van der Waals surface area contributed by atoms with E-state index in [2.05, 4.69) is 228 Å². The summed E-state index contributed by atoms with van der Waals surface area (Å²) in [6.45, 7) is 0. The number of para-hydroxylation sites is 2. The molecule has 3 heteroatoms. The summed E-state index contributed by atoms with van der Waals surface area (Å²) in [4.78, 5) is 2.34. The topological polar surface area (TPSA) is 20.8 Å². The van der Waals surface area contributed by atoms with E-state index in [1.807, 2.05) is 12.1 Å². The maximum absolute atomic E-state index is 6.41. The molecule has 0 saturated heterocycles. The van der Waals surface area contributed by atoms with Crippen molar-refractivity contribution in [3.05, 3.63) is 231 Å². The Bertz CT molecular complexity index is 3580. The molecule has 0 amide bonds. The molecule has 3 aromatic heterocycles. The standard InChI is InChI=1S/C58H38N2O/c1-3-14-39(15-4-1)44-19-11-21-46(36-44)60(48-32-33-52-51-24-9-10-27-54(51)61-55(52)38-48)47-22-12-20-45(37-47)40-28-30-42(31-29-40)49-25-13-26-53-56(43-17-5-2-6-18-43)58-50-23-8-7-16-41(50)34-35-59(58)57(49)53/h1-38H. The highest BCUT2D eigenvalue weighted by atomic mass is 16.3. The minimum absolute atomic E-state index is 0.865. The van der Waals surface area contributed by atoms with Crippen molar-refractivity contribution in [1.29, 1.82) is 0 Å². The number of aromatic nitrogens is 1. The Morgan fingerprint density at radius 3 is 1.64 bits per heavy atom. The van der Waals surface area contributed by atoms with Crippen molar-refractivity contribution < 1.29 is 4.42 Å². The number of rotatable bonds is 7. The molecule has 0 radical (unpaired) electrons. The Morgan fingerprint density at radius 2 is 0.885 bits per heavy atom. The van der Waals surface area contributed by atoms with Gasteiger partial charge in [0.05, 0.1) is 11.0 Å². The maximum Gasteiger partial charge on any atom is 0.137 e. The fourth-order valence-electron chi connectivity index (χ4n) is 9.34. The molecule has 0 spiro atoms. The van der Waals surface area contributed by atoms with Crippen LogP contribution < -0.4 is 4.90 Å². The molecule has 286 valence electrons. The van der Waals surface area contributed by atoms with E-state index in [9.17, 15) is 0 Å². The van der Waals surface area contributed by atoms with Gasteiger partial charge < -0.3 is 13.7 Å². The molecule has 0 N–H and O–H groups in total. The summed E-state index contributed by atoms with van der Waals surface area (Å²) in [6.07, 6.45) is 2.24. The van der Waals surface area contributed by atoms with Crippen molar-refractivity contribution in [2.75, 3.05) is 4.90 Å². The van der Waals surface area contributed by atoms with E-state index in [0.717, 1.165) is 55.7 Å². The second-order valence-electron chi connectivity index (χ2n) is 15.7. The van der Waals surface area contributed by atoms with Gasteiger partial charge >= 0.3 is 0 Å². The van der Waals surface area contributed by atoms with Crippen LogP contribution in [0, 0.1) is 0 Å². The quantitative estimate of drug-likeness (QED) is 0.161. The van der Waals surface area contributed by atoms with E-state index < -0.39 is 0 Å². The monoisotopic (exact) mass is 778 g/mol. The first-order valence-corrected chi connectivity index (χ1v) is 20.8. The van der Waals surface area contributed by atoms with E-state index in [1.165, 1.54) is 55.0 Å². The number of anilines is 3. The molecule has 12 aromatic rings. The lowest BCUT2D eigenvalue weighted by molar-refractivity contribution is 0.669. The zero-order chi connectivity index (χ0) is 40.3. The number of pyridine rings is 1. The van der Waals surface area contributed by atoms with Crippen molar-refractivity contribution in [3.63, 3.8) is 0 Å². The van der Waals surface area contributed by atoms with Crippen LogP contribution >= 0.6 is 0 Å². The zero-order valence-corrected chi connectivity index (χ0v) is 33.2. The molecular weight excluding hydrogens is 741 g/mol. The van der Waals surface area contributed by atoms with Gasteiger partial charge in [-0.2, -0.15) is 0 Å². The van der Waals surface area contributed by atoms with Crippen LogP contribution in [0.3, 0.4) is 0 Å². The van der Waals surface area contributed by atoms with Crippen LogP contribution in [0.25, 0.3) is 93.6 Å². The summed E-state index contributed by atoms with van der Waals surface area (Å²) in [5.41, 5.74) is 16.9. The van der Waals surface area contributed by atoms with Gasteiger partial charge in [0.2, 0.25) is 0 Å². The highest BCUT2D eigenvalue weighted by molar-refractivity contribution is 6.17. The Morgan fingerprint density at radius 1 is 0.328 bits per heavy atom. The maximum atomic E-state index is 6.41.